The molecule has 1 N–H and O–H groups in total. The van der Waals surface area contributed by atoms with E-state index in [2.05, 4.69) is 38.1 Å². The highest BCUT2D eigenvalue weighted by Gasteiger charge is 2.17. The fourth-order valence-electron chi connectivity index (χ4n) is 2.27. The topological polar surface area (TPSA) is 37.8 Å². The highest BCUT2D eigenvalue weighted by molar-refractivity contribution is 9.10. The molecule has 1 saturated carbocycles. The first kappa shape index (κ1) is 13.1. The summed E-state index contributed by atoms with van der Waals surface area (Å²) in [7, 11) is 0. The number of aromatic nitrogens is 2. The van der Waals surface area contributed by atoms with Gasteiger partial charge in [-0.3, -0.25) is 0 Å². The third-order valence-corrected chi connectivity index (χ3v) is 4.08. The Balaban J connectivity index is 2.02. The lowest BCUT2D eigenvalue weighted by atomic mass is 10.0. The van der Waals surface area contributed by atoms with Crippen molar-refractivity contribution in [2.24, 2.45) is 5.92 Å². The summed E-state index contributed by atoms with van der Waals surface area (Å²) in [6, 6.07) is 0.502. The molecule has 2 unspecified atom stereocenters. The number of anilines is 1. The van der Waals surface area contributed by atoms with Crippen LogP contribution in [0.4, 0.5) is 5.82 Å². The van der Waals surface area contributed by atoms with E-state index in [0.717, 1.165) is 16.2 Å². The second kappa shape index (κ2) is 6.01. The molecule has 0 bridgehead atoms. The molecule has 1 heterocycles. The van der Waals surface area contributed by atoms with Crippen LogP contribution in [0.15, 0.2) is 10.7 Å². The van der Waals surface area contributed by atoms with Crippen LogP contribution in [-0.2, 0) is 0 Å². The van der Waals surface area contributed by atoms with E-state index in [9.17, 15) is 0 Å². The third kappa shape index (κ3) is 3.81. The molecule has 0 aromatic carbocycles. The van der Waals surface area contributed by atoms with Crippen LogP contribution in [0.3, 0.4) is 0 Å². The smallest absolute Gasteiger partial charge is 0.224 e. The zero-order chi connectivity index (χ0) is 12.3. The van der Waals surface area contributed by atoms with Crippen molar-refractivity contribution >= 4 is 33.3 Å². The number of hydrogen-bond donors (Lipinski definition) is 1. The molecule has 0 saturated heterocycles. The van der Waals surface area contributed by atoms with Gasteiger partial charge in [-0.2, -0.15) is 4.98 Å². The first-order valence-corrected chi connectivity index (χ1v) is 7.27. The van der Waals surface area contributed by atoms with E-state index in [1.165, 1.54) is 32.1 Å². The Kier molecular flexibility index (Phi) is 4.62. The molecule has 0 aliphatic heterocycles. The van der Waals surface area contributed by atoms with Crippen molar-refractivity contribution in [1.29, 1.82) is 0 Å². The largest absolute Gasteiger partial charge is 0.366 e. The molecular weight excluding hydrogens is 302 g/mol. The number of halogens is 2. The van der Waals surface area contributed by atoms with Crippen molar-refractivity contribution in [3.05, 3.63) is 16.0 Å². The molecular formula is C12H17BrClN3. The number of rotatable bonds is 2. The van der Waals surface area contributed by atoms with Gasteiger partial charge in [0.25, 0.3) is 0 Å². The van der Waals surface area contributed by atoms with Crippen molar-refractivity contribution in [1.82, 2.24) is 9.97 Å². The summed E-state index contributed by atoms with van der Waals surface area (Å²) in [5.74, 6) is 1.66. The van der Waals surface area contributed by atoms with Gasteiger partial charge in [0.15, 0.2) is 0 Å². The van der Waals surface area contributed by atoms with Crippen molar-refractivity contribution < 1.29 is 0 Å². The average Bonchev–Trinajstić information content (AvgIpc) is 2.49. The third-order valence-electron chi connectivity index (χ3n) is 3.31. The lowest BCUT2D eigenvalue weighted by Gasteiger charge is -2.17. The van der Waals surface area contributed by atoms with Crippen LogP contribution in [0, 0.1) is 5.92 Å². The molecule has 0 amide bonds. The minimum absolute atomic E-state index is 0.290. The minimum atomic E-state index is 0.290. The van der Waals surface area contributed by atoms with Crippen LogP contribution in [0.1, 0.15) is 39.0 Å². The maximum Gasteiger partial charge on any atom is 0.224 e. The maximum atomic E-state index is 5.81. The zero-order valence-corrected chi connectivity index (χ0v) is 12.3. The Bertz CT molecular complexity index is 386. The SMILES string of the molecule is CC1CCCC(Nc2nc(Cl)ncc2Br)CC1. The summed E-state index contributed by atoms with van der Waals surface area (Å²) in [4.78, 5) is 8.14. The summed E-state index contributed by atoms with van der Waals surface area (Å²) < 4.78 is 0.874. The predicted octanol–water partition coefficient (Wildman–Crippen LogP) is 4.27. The first-order valence-electron chi connectivity index (χ1n) is 6.09. The Hall–Kier alpha value is -0.350. The summed E-state index contributed by atoms with van der Waals surface area (Å²) in [5, 5.41) is 3.76. The molecule has 0 spiro atoms. The second-order valence-electron chi connectivity index (χ2n) is 4.79. The lowest BCUT2D eigenvalue weighted by Crippen LogP contribution is -2.19. The fourth-order valence-corrected chi connectivity index (χ4v) is 2.71. The zero-order valence-electron chi connectivity index (χ0n) is 9.92. The Labute approximate surface area is 116 Å². The van der Waals surface area contributed by atoms with Gasteiger partial charge in [-0.05, 0) is 52.7 Å². The quantitative estimate of drug-likeness (QED) is 0.653. The molecule has 5 heteroatoms. The van der Waals surface area contributed by atoms with Crippen molar-refractivity contribution in [2.75, 3.05) is 5.32 Å². The maximum absolute atomic E-state index is 5.81. The molecule has 1 fully saturated rings. The summed E-state index contributed by atoms with van der Waals surface area (Å²) in [5.41, 5.74) is 0. The molecule has 17 heavy (non-hydrogen) atoms. The van der Waals surface area contributed by atoms with Crippen LogP contribution in [-0.4, -0.2) is 16.0 Å². The molecule has 1 aromatic heterocycles. The Morgan fingerprint density at radius 2 is 2.18 bits per heavy atom. The minimum Gasteiger partial charge on any atom is -0.366 e. The molecule has 0 radical (unpaired) electrons. The standard InChI is InChI=1S/C12H17BrClN3/c1-8-3-2-4-9(6-5-8)16-11-10(13)7-15-12(14)17-11/h7-9H,2-6H2,1H3,(H,15,16,17). The molecule has 94 valence electrons. The van der Waals surface area contributed by atoms with Gasteiger partial charge in [-0.1, -0.05) is 19.8 Å². The van der Waals surface area contributed by atoms with Crippen LogP contribution in [0.25, 0.3) is 0 Å². The normalized spacial score (nSPS) is 25.4. The van der Waals surface area contributed by atoms with Crippen LogP contribution in [0.5, 0.6) is 0 Å². The average molecular weight is 319 g/mol. The predicted molar refractivity (Wildman–Crippen MR) is 74.4 cm³/mol. The van der Waals surface area contributed by atoms with Crippen LogP contribution >= 0.6 is 27.5 Å². The van der Waals surface area contributed by atoms with Gasteiger partial charge in [0.2, 0.25) is 5.28 Å². The summed E-state index contributed by atoms with van der Waals surface area (Å²) in [6.07, 6.45) is 8.01. The Morgan fingerprint density at radius 1 is 1.35 bits per heavy atom. The molecule has 2 atom stereocenters. The molecule has 2 rings (SSSR count). The molecule has 1 aliphatic carbocycles. The van der Waals surface area contributed by atoms with E-state index in [0.29, 0.717) is 6.04 Å². The number of nitrogens with one attached hydrogen (secondary N) is 1. The second-order valence-corrected chi connectivity index (χ2v) is 5.98. The summed E-state index contributed by atoms with van der Waals surface area (Å²) >= 11 is 9.25. The van der Waals surface area contributed by atoms with Gasteiger partial charge in [0, 0.05) is 12.2 Å². The van der Waals surface area contributed by atoms with Gasteiger partial charge >= 0.3 is 0 Å². The van der Waals surface area contributed by atoms with E-state index >= 15 is 0 Å². The van der Waals surface area contributed by atoms with Gasteiger partial charge in [0.05, 0.1) is 4.47 Å². The number of hydrogen-bond acceptors (Lipinski definition) is 3. The Morgan fingerprint density at radius 3 is 3.00 bits per heavy atom. The lowest BCUT2D eigenvalue weighted by molar-refractivity contribution is 0.502. The van der Waals surface area contributed by atoms with E-state index in [1.54, 1.807) is 6.20 Å². The monoisotopic (exact) mass is 317 g/mol. The number of nitrogens with zero attached hydrogens (tertiary/aromatic N) is 2. The van der Waals surface area contributed by atoms with Gasteiger partial charge in [-0.25, -0.2) is 4.98 Å². The van der Waals surface area contributed by atoms with E-state index in [4.69, 9.17) is 11.6 Å². The van der Waals surface area contributed by atoms with Crippen molar-refractivity contribution in [2.45, 2.75) is 45.1 Å². The summed E-state index contributed by atoms with van der Waals surface area (Å²) in [6.45, 7) is 2.33. The fraction of sp³-hybridized carbons (Fsp3) is 0.667. The van der Waals surface area contributed by atoms with Crippen molar-refractivity contribution in [3.8, 4) is 0 Å². The van der Waals surface area contributed by atoms with E-state index < -0.39 is 0 Å². The molecule has 1 aliphatic rings. The van der Waals surface area contributed by atoms with Crippen LogP contribution < -0.4 is 5.32 Å². The van der Waals surface area contributed by atoms with Gasteiger partial charge in [-0.15, -0.1) is 0 Å². The highest BCUT2D eigenvalue weighted by Crippen LogP contribution is 2.27. The molecule has 1 aromatic rings. The molecule has 3 nitrogen and oxygen atoms in total. The first-order chi connectivity index (χ1) is 8.15. The van der Waals surface area contributed by atoms with Crippen LogP contribution in [0.2, 0.25) is 5.28 Å². The van der Waals surface area contributed by atoms with Crippen molar-refractivity contribution in [3.63, 3.8) is 0 Å². The van der Waals surface area contributed by atoms with Gasteiger partial charge < -0.3 is 5.32 Å². The highest BCUT2D eigenvalue weighted by atomic mass is 79.9. The van der Waals surface area contributed by atoms with E-state index in [-0.39, 0.29) is 5.28 Å². The van der Waals surface area contributed by atoms with Gasteiger partial charge in [0.1, 0.15) is 5.82 Å². The van der Waals surface area contributed by atoms with E-state index in [1.807, 2.05) is 0 Å².